The number of para-hydroxylation sites is 2. The first kappa shape index (κ1) is 21.2. The maximum Gasteiger partial charge on any atom is 0.143 e. The molecule has 172 valence electrons. The Morgan fingerprint density at radius 1 is 0.486 bits per heavy atom. The molecule has 0 atom stereocenters. The van der Waals surface area contributed by atoms with Gasteiger partial charge in [0.2, 0.25) is 0 Å². The topological polar surface area (TPSA) is 36.9 Å². The zero-order valence-corrected chi connectivity index (χ0v) is 20.0. The first-order valence-electron chi connectivity index (χ1n) is 12.3. The van der Waals surface area contributed by atoms with Crippen LogP contribution in [-0.2, 0) is 0 Å². The van der Waals surface area contributed by atoms with Crippen molar-refractivity contribution in [3.63, 3.8) is 0 Å². The van der Waals surface area contributed by atoms with Gasteiger partial charge in [-0.25, -0.2) is 0 Å². The lowest BCUT2D eigenvalue weighted by Gasteiger charge is -2.09. The summed E-state index contributed by atoms with van der Waals surface area (Å²) in [6.07, 6.45) is 0. The van der Waals surface area contributed by atoms with Crippen molar-refractivity contribution < 1.29 is 4.42 Å². The van der Waals surface area contributed by atoms with Crippen molar-refractivity contribution in [2.75, 3.05) is 0 Å². The maximum absolute atomic E-state index is 9.08. The Bertz CT molecular complexity index is 1990. The second-order valence-corrected chi connectivity index (χ2v) is 9.33. The van der Waals surface area contributed by atoms with Gasteiger partial charge in [0.05, 0.1) is 11.6 Å². The van der Waals surface area contributed by atoms with E-state index in [1.54, 1.807) is 0 Å². The number of benzene rings is 6. The van der Waals surface area contributed by atoms with E-state index in [0.29, 0.717) is 5.56 Å². The van der Waals surface area contributed by atoms with Gasteiger partial charge in [-0.05, 0) is 75.0 Å². The third-order valence-corrected chi connectivity index (χ3v) is 7.10. The van der Waals surface area contributed by atoms with Crippen molar-refractivity contribution in [3.8, 4) is 39.4 Å². The Hall–Kier alpha value is -5.13. The highest BCUT2D eigenvalue weighted by Crippen LogP contribution is 2.37. The summed E-state index contributed by atoms with van der Waals surface area (Å²) in [4.78, 5) is 0. The predicted molar refractivity (Wildman–Crippen MR) is 152 cm³/mol. The Kier molecular flexibility index (Phi) is 4.87. The van der Waals surface area contributed by atoms with Crippen LogP contribution in [0.1, 0.15) is 5.56 Å². The molecule has 0 bridgehead atoms. The van der Waals surface area contributed by atoms with E-state index >= 15 is 0 Å². The molecule has 0 unspecified atom stereocenters. The summed E-state index contributed by atoms with van der Waals surface area (Å²) in [6, 6.07) is 46.3. The first-order chi connectivity index (χ1) is 18.3. The fourth-order valence-electron chi connectivity index (χ4n) is 5.18. The SMILES string of the molecule is N#Cc1ccc(-c2cccc(-c3ccc4cc(-c5cccc6c5oc5ccccc56)ccc4c3)c2)cc1. The third-order valence-electron chi connectivity index (χ3n) is 7.10. The van der Waals surface area contributed by atoms with Crippen molar-refractivity contribution in [2.45, 2.75) is 0 Å². The summed E-state index contributed by atoms with van der Waals surface area (Å²) in [5.74, 6) is 0. The van der Waals surface area contributed by atoms with Gasteiger partial charge in [0, 0.05) is 16.3 Å². The van der Waals surface area contributed by atoms with Gasteiger partial charge in [0.1, 0.15) is 11.2 Å². The van der Waals surface area contributed by atoms with Crippen LogP contribution in [0.5, 0.6) is 0 Å². The molecule has 7 rings (SSSR count). The van der Waals surface area contributed by atoms with Crippen molar-refractivity contribution in [1.82, 2.24) is 0 Å². The minimum Gasteiger partial charge on any atom is -0.455 e. The number of hydrogen-bond acceptors (Lipinski definition) is 2. The van der Waals surface area contributed by atoms with E-state index in [-0.39, 0.29) is 0 Å². The van der Waals surface area contributed by atoms with Crippen LogP contribution in [0.3, 0.4) is 0 Å². The summed E-state index contributed by atoms with van der Waals surface area (Å²) in [5.41, 5.74) is 9.35. The number of hydrogen-bond donors (Lipinski definition) is 0. The molecule has 37 heavy (non-hydrogen) atoms. The van der Waals surface area contributed by atoms with Crippen LogP contribution < -0.4 is 0 Å². The molecule has 0 fully saturated rings. The molecule has 0 spiro atoms. The molecular formula is C35H21NO. The number of rotatable bonds is 3. The second kappa shape index (κ2) is 8.52. The first-order valence-corrected chi connectivity index (χ1v) is 12.3. The molecule has 0 aliphatic heterocycles. The average molecular weight is 472 g/mol. The Morgan fingerprint density at radius 3 is 1.92 bits per heavy atom. The van der Waals surface area contributed by atoms with E-state index < -0.39 is 0 Å². The molecule has 0 N–H and O–H groups in total. The zero-order valence-electron chi connectivity index (χ0n) is 20.0. The molecule has 6 aromatic carbocycles. The molecule has 0 radical (unpaired) electrons. The van der Waals surface area contributed by atoms with Crippen LogP contribution in [0.2, 0.25) is 0 Å². The van der Waals surface area contributed by atoms with Gasteiger partial charge in [-0.1, -0.05) is 91.0 Å². The Labute approximate surface area is 214 Å². The van der Waals surface area contributed by atoms with Crippen LogP contribution in [0.25, 0.3) is 66.1 Å². The molecule has 1 heterocycles. The predicted octanol–water partition coefficient (Wildman–Crippen LogP) is 9.61. The molecule has 0 amide bonds. The van der Waals surface area contributed by atoms with Crippen LogP contribution in [-0.4, -0.2) is 0 Å². The molecule has 7 aromatic rings. The Morgan fingerprint density at radius 2 is 1.11 bits per heavy atom. The van der Waals surface area contributed by atoms with E-state index in [2.05, 4.69) is 97.1 Å². The van der Waals surface area contributed by atoms with Crippen LogP contribution >= 0.6 is 0 Å². The highest BCUT2D eigenvalue weighted by molar-refractivity contribution is 6.10. The lowest BCUT2D eigenvalue weighted by Crippen LogP contribution is -1.84. The quantitative estimate of drug-likeness (QED) is 0.257. The highest BCUT2D eigenvalue weighted by Gasteiger charge is 2.12. The lowest BCUT2D eigenvalue weighted by atomic mass is 9.95. The standard InChI is InChI=1S/C35H21NO/c36-22-23-11-13-24(14-12-23)25-5-3-6-26(19-25)27-15-16-29-21-30(18-17-28(29)20-27)31-8-4-9-33-32-7-1-2-10-34(32)37-35(31)33/h1-21H. The molecule has 2 nitrogen and oxygen atoms in total. The summed E-state index contributed by atoms with van der Waals surface area (Å²) < 4.78 is 6.27. The fourth-order valence-corrected chi connectivity index (χ4v) is 5.18. The summed E-state index contributed by atoms with van der Waals surface area (Å²) in [6.45, 7) is 0. The van der Waals surface area contributed by atoms with Crippen LogP contribution in [0, 0.1) is 11.3 Å². The van der Waals surface area contributed by atoms with Gasteiger partial charge in [-0.3, -0.25) is 0 Å². The molecule has 0 saturated heterocycles. The number of furan rings is 1. The molecule has 0 aliphatic rings. The highest BCUT2D eigenvalue weighted by atomic mass is 16.3. The van der Waals surface area contributed by atoms with Gasteiger partial charge in [-0.15, -0.1) is 0 Å². The molecule has 1 aromatic heterocycles. The fraction of sp³-hybridized carbons (Fsp3) is 0. The molecule has 0 aliphatic carbocycles. The number of nitrogens with zero attached hydrogens (tertiary/aromatic N) is 1. The summed E-state index contributed by atoms with van der Waals surface area (Å²) >= 11 is 0. The monoisotopic (exact) mass is 471 g/mol. The molecule has 2 heteroatoms. The lowest BCUT2D eigenvalue weighted by molar-refractivity contribution is 0.670. The van der Waals surface area contributed by atoms with Crippen molar-refractivity contribution >= 4 is 32.7 Å². The number of fused-ring (bicyclic) bond motifs is 4. The van der Waals surface area contributed by atoms with E-state index in [9.17, 15) is 0 Å². The van der Waals surface area contributed by atoms with Gasteiger partial charge < -0.3 is 4.42 Å². The van der Waals surface area contributed by atoms with Gasteiger partial charge in [-0.2, -0.15) is 5.26 Å². The third kappa shape index (κ3) is 3.66. The normalized spacial score (nSPS) is 11.2. The average Bonchev–Trinajstić information content (AvgIpc) is 3.36. The van der Waals surface area contributed by atoms with E-state index in [1.165, 1.54) is 21.9 Å². The van der Waals surface area contributed by atoms with Gasteiger partial charge in [0.15, 0.2) is 0 Å². The minimum atomic E-state index is 0.672. The molecule has 0 saturated carbocycles. The van der Waals surface area contributed by atoms with Crippen molar-refractivity contribution in [1.29, 1.82) is 5.26 Å². The molecular weight excluding hydrogens is 450 g/mol. The van der Waals surface area contributed by atoms with Crippen LogP contribution in [0.15, 0.2) is 132 Å². The second-order valence-electron chi connectivity index (χ2n) is 9.33. The largest absolute Gasteiger partial charge is 0.455 e. The summed E-state index contributed by atoms with van der Waals surface area (Å²) in [7, 11) is 0. The van der Waals surface area contributed by atoms with Crippen LogP contribution in [0.4, 0.5) is 0 Å². The van der Waals surface area contributed by atoms with Gasteiger partial charge in [0.25, 0.3) is 0 Å². The zero-order chi connectivity index (χ0) is 24.8. The smallest absolute Gasteiger partial charge is 0.143 e. The Balaban J connectivity index is 1.27. The minimum absolute atomic E-state index is 0.672. The van der Waals surface area contributed by atoms with E-state index in [4.69, 9.17) is 9.68 Å². The van der Waals surface area contributed by atoms with E-state index in [0.717, 1.165) is 44.2 Å². The van der Waals surface area contributed by atoms with E-state index in [1.807, 2.05) is 36.4 Å². The number of nitriles is 1. The van der Waals surface area contributed by atoms with Crippen molar-refractivity contribution in [2.24, 2.45) is 0 Å². The van der Waals surface area contributed by atoms with Crippen molar-refractivity contribution in [3.05, 3.63) is 133 Å². The van der Waals surface area contributed by atoms with Gasteiger partial charge >= 0.3 is 0 Å². The summed E-state index contributed by atoms with van der Waals surface area (Å²) in [5, 5.41) is 13.8. The maximum atomic E-state index is 9.08.